The van der Waals surface area contributed by atoms with Crippen LogP contribution >= 0.6 is 0 Å². The largest absolute Gasteiger partial charge is 0.381 e. The van der Waals surface area contributed by atoms with Gasteiger partial charge in [0.2, 0.25) is 0 Å². The molecule has 2 aromatic carbocycles. The molecule has 0 radical (unpaired) electrons. The van der Waals surface area contributed by atoms with Crippen LogP contribution in [0.1, 0.15) is 35.4 Å². The molecule has 3 heteroatoms. The fraction of sp³-hybridized carbons (Fsp3) is 0.333. The Balaban J connectivity index is 1.63. The van der Waals surface area contributed by atoms with Crippen molar-refractivity contribution in [3.63, 3.8) is 0 Å². The van der Waals surface area contributed by atoms with E-state index in [9.17, 15) is 9.59 Å². The first kappa shape index (κ1) is 17.9. The van der Waals surface area contributed by atoms with Crippen molar-refractivity contribution in [2.24, 2.45) is 5.92 Å². The lowest BCUT2D eigenvalue weighted by atomic mass is 9.84. The van der Waals surface area contributed by atoms with Crippen LogP contribution in [0.2, 0.25) is 0 Å². The van der Waals surface area contributed by atoms with Crippen LogP contribution in [-0.4, -0.2) is 24.8 Å². The third-order valence-corrected chi connectivity index (χ3v) is 5.70. The van der Waals surface area contributed by atoms with E-state index >= 15 is 0 Å². The molecule has 2 unspecified atom stereocenters. The number of ketones is 2. The minimum atomic E-state index is -0.674. The van der Waals surface area contributed by atoms with Gasteiger partial charge in [0.05, 0.1) is 0 Å². The second-order valence-electron chi connectivity index (χ2n) is 7.69. The Morgan fingerprint density at radius 3 is 2.33 bits per heavy atom. The minimum Gasteiger partial charge on any atom is -0.381 e. The van der Waals surface area contributed by atoms with Gasteiger partial charge in [0.1, 0.15) is 5.92 Å². The lowest BCUT2D eigenvalue weighted by molar-refractivity contribution is -0.123. The highest BCUT2D eigenvalue weighted by atomic mass is 16.5. The molecule has 0 amide bonds. The molecule has 27 heavy (non-hydrogen) atoms. The lowest BCUT2D eigenvalue weighted by Crippen LogP contribution is -2.18. The SMILES string of the molecule is Cc1cc(-c2ccccc2)cc(C)c1C1C(=O)C=C(CC2CCOC2)C1=O. The third-order valence-electron chi connectivity index (χ3n) is 5.70. The van der Waals surface area contributed by atoms with E-state index in [0.717, 1.165) is 40.8 Å². The molecule has 0 saturated carbocycles. The second kappa shape index (κ2) is 7.24. The van der Waals surface area contributed by atoms with Crippen LogP contribution in [0.5, 0.6) is 0 Å². The number of aryl methyl sites for hydroxylation is 2. The van der Waals surface area contributed by atoms with Crippen LogP contribution in [0.4, 0.5) is 0 Å². The average Bonchev–Trinajstić information content (AvgIpc) is 3.25. The number of allylic oxidation sites excluding steroid dienone is 2. The Kier molecular flexibility index (Phi) is 4.79. The number of hydrogen-bond donors (Lipinski definition) is 0. The summed E-state index contributed by atoms with van der Waals surface area (Å²) >= 11 is 0. The summed E-state index contributed by atoms with van der Waals surface area (Å²) in [6, 6.07) is 14.3. The number of hydrogen-bond acceptors (Lipinski definition) is 3. The molecule has 2 aliphatic rings. The lowest BCUT2D eigenvalue weighted by Gasteiger charge is -2.18. The summed E-state index contributed by atoms with van der Waals surface area (Å²) in [5.41, 5.74) is 5.80. The van der Waals surface area contributed by atoms with Crippen molar-refractivity contribution in [2.45, 2.75) is 32.6 Å². The topological polar surface area (TPSA) is 43.4 Å². The van der Waals surface area contributed by atoms with Gasteiger partial charge in [-0.2, -0.15) is 0 Å². The van der Waals surface area contributed by atoms with Crippen molar-refractivity contribution >= 4 is 11.6 Å². The minimum absolute atomic E-state index is 0.0226. The van der Waals surface area contributed by atoms with Crippen molar-refractivity contribution in [2.75, 3.05) is 13.2 Å². The maximum atomic E-state index is 13.0. The van der Waals surface area contributed by atoms with Gasteiger partial charge < -0.3 is 4.74 Å². The summed E-state index contributed by atoms with van der Waals surface area (Å²) in [7, 11) is 0. The van der Waals surface area contributed by atoms with E-state index in [1.54, 1.807) is 6.08 Å². The quantitative estimate of drug-likeness (QED) is 0.751. The molecular formula is C24H24O3. The highest BCUT2D eigenvalue weighted by Crippen LogP contribution is 2.37. The first-order valence-corrected chi connectivity index (χ1v) is 9.57. The van der Waals surface area contributed by atoms with Crippen molar-refractivity contribution in [3.8, 4) is 11.1 Å². The molecule has 1 heterocycles. The molecule has 0 spiro atoms. The van der Waals surface area contributed by atoms with Gasteiger partial charge in [-0.05, 0) is 66.5 Å². The van der Waals surface area contributed by atoms with E-state index in [-0.39, 0.29) is 11.6 Å². The van der Waals surface area contributed by atoms with Crippen molar-refractivity contribution in [1.82, 2.24) is 0 Å². The van der Waals surface area contributed by atoms with Gasteiger partial charge in [-0.3, -0.25) is 9.59 Å². The normalized spacial score (nSPS) is 22.4. The predicted molar refractivity (Wildman–Crippen MR) is 106 cm³/mol. The summed E-state index contributed by atoms with van der Waals surface area (Å²) < 4.78 is 5.41. The molecule has 3 nitrogen and oxygen atoms in total. The molecule has 138 valence electrons. The number of carbonyl (C=O) groups excluding carboxylic acids is 2. The fourth-order valence-electron chi connectivity index (χ4n) is 4.36. The molecular weight excluding hydrogens is 336 g/mol. The van der Waals surface area contributed by atoms with Crippen LogP contribution in [-0.2, 0) is 14.3 Å². The van der Waals surface area contributed by atoms with Gasteiger partial charge in [0.15, 0.2) is 11.6 Å². The molecule has 0 aromatic heterocycles. The zero-order valence-corrected chi connectivity index (χ0v) is 15.8. The highest BCUT2D eigenvalue weighted by molar-refractivity contribution is 6.25. The summed E-state index contributed by atoms with van der Waals surface area (Å²) in [6.45, 7) is 5.44. The van der Waals surface area contributed by atoms with Crippen LogP contribution in [0.25, 0.3) is 11.1 Å². The smallest absolute Gasteiger partial charge is 0.174 e. The van der Waals surface area contributed by atoms with Crippen LogP contribution in [0.3, 0.4) is 0 Å². The van der Waals surface area contributed by atoms with E-state index in [2.05, 4.69) is 24.3 Å². The molecule has 0 N–H and O–H groups in total. The molecule has 0 bridgehead atoms. The standard InChI is InChI=1S/C24H24O3/c1-15-10-19(18-6-4-3-5-7-18)11-16(2)22(15)23-21(25)13-20(24(23)26)12-17-8-9-27-14-17/h3-7,10-11,13,17,23H,8-9,12,14H2,1-2H3. The highest BCUT2D eigenvalue weighted by Gasteiger charge is 2.38. The Labute approximate surface area is 160 Å². The number of ether oxygens (including phenoxy) is 1. The van der Waals surface area contributed by atoms with Gasteiger partial charge in [0, 0.05) is 18.8 Å². The Hall–Kier alpha value is -2.52. The number of carbonyl (C=O) groups is 2. The van der Waals surface area contributed by atoms with Gasteiger partial charge in [-0.1, -0.05) is 42.5 Å². The molecule has 1 aliphatic carbocycles. The molecule has 4 rings (SSSR count). The monoisotopic (exact) mass is 360 g/mol. The van der Waals surface area contributed by atoms with Crippen molar-refractivity contribution in [1.29, 1.82) is 0 Å². The predicted octanol–water partition coefficient (Wildman–Crippen LogP) is 4.56. The molecule has 2 atom stereocenters. The fourth-order valence-corrected chi connectivity index (χ4v) is 4.36. The average molecular weight is 360 g/mol. The molecule has 1 saturated heterocycles. The van der Waals surface area contributed by atoms with Crippen molar-refractivity contribution in [3.05, 3.63) is 70.8 Å². The van der Waals surface area contributed by atoms with Crippen LogP contribution in [0.15, 0.2) is 54.1 Å². The van der Waals surface area contributed by atoms with Crippen LogP contribution in [0, 0.1) is 19.8 Å². The number of Topliss-reactive ketones (excluding diaryl/α,β-unsaturated/α-hetero) is 1. The van der Waals surface area contributed by atoms with Crippen molar-refractivity contribution < 1.29 is 14.3 Å². The zero-order valence-electron chi connectivity index (χ0n) is 15.8. The Bertz CT molecular complexity index is 895. The zero-order chi connectivity index (χ0) is 19.0. The summed E-state index contributed by atoms with van der Waals surface area (Å²) in [6.07, 6.45) is 3.20. The third kappa shape index (κ3) is 3.40. The Morgan fingerprint density at radius 2 is 1.70 bits per heavy atom. The maximum absolute atomic E-state index is 13.0. The van der Waals surface area contributed by atoms with E-state index in [1.807, 2.05) is 32.0 Å². The first-order chi connectivity index (χ1) is 13.0. The van der Waals surface area contributed by atoms with Gasteiger partial charge in [-0.25, -0.2) is 0 Å². The van der Waals surface area contributed by atoms with E-state index in [0.29, 0.717) is 24.5 Å². The molecule has 1 aliphatic heterocycles. The van der Waals surface area contributed by atoms with Gasteiger partial charge in [0.25, 0.3) is 0 Å². The second-order valence-corrected chi connectivity index (χ2v) is 7.69. The number of benzene rings is 2. The first-order valence-electron chi connectivity index (χ1n) is 9.57. The van der Waals surface area contributed by atoms with E-state index in [4.69, 9.17) is 4.74 Å². The van der Waals surface area contributed by atoms with Crippen LogP contribution < -0.4 is 0 Å². The number of rotatable bonds is 4. The Morgan fingerprint density at radius 1 is 1.00 bits per heavy atom. The summed E-state index contributed by atoms with van der Waals surface area (Å²) in [4.78, 5) is 25.7. The molecule has 1 fully saturated rings. The summed E-state index contributed by atoms with van der Waals surface area (Å²) in [5.74, 6) is -0.417. The molecule has 2 aromatic rings. The van der Waals surface area contributed by atoms with Gasteiger partial charge in [-0.15, -0.1) is 0 Å². The summed E-state index contributed by atoms with van der Waals surface area (Å²) in [5, 5.41) is 0. The van der Waals surface area contributed by atoms with E-state index in [1.165, 1.54) is 0 Å². The van der Waals surface area contributed by atoms with Gasteiger partial charge >= 0.3 is 0 Å². The maximum Gasteiger partial charge on any atom is 0.174 e. The van der Waals surface area contributed by atoms with E-state index < -0.39 is 5.92 Å².